The predicted molar refractivity (Wildman–Crippen MR) is 137 cm³/mol. The summed E-state index contributed by atoms with van der Waals surface area (Å²) < 4.78 is 6.65. The number of hydrogen-bond donors (Lipinski definition) is 2. The van der Waals surface area contributed by atoms with Gasteiger partial charge >= 0.3 is 5.91 Å². The standard InChI is InChI=1S/C28H22N2O5S/c1-14-3-9-20-22(11-14)36-28(29-20)30-24(16-4-7-19(31)8-5-16)23(26(33)27(30)34)25(32)17-6-10-21-18(13-17)12-15(2)35-21/h3-11,13,15,24,31-32H,12H2,1-2H3/t15-,24-/m1/s1. The summed E-state index contributed by atoms with van der Waals surface area (Å²) in [5, 5.41) is 21.6. The van der Waals surface area contributed by atoms with E-state index in [0.29, 0.717) is 22.7 Å². The molecule has 0 radical (unpaired) electrons. The van der Waals surface area contributed by atoms with Gasteiger partial charge in [-0.2, -0.15) is 0 Å². The van der Waals surface area contributed by atoms with Crippen LogP contribution in [0.1, 0.15) is 35.2 Å². The summed E-state index contributed by atoms with van der Waals surface area (Å²) in [6.07, 6.45) is 0.722. The molecule has 6 rings (SSSR count). The van der Waals surface area contributed by atoms with Gasteiger partial charge < -0.3 is 14.9 Å². The number of benzene rings is 3. The normalized spacial score (nSPS) is 20.7. The second kappa shape index (κ2) is 8.20. The molecule has 2 aliphatic rings. The first-order valence-corrected chi connectivity index (χ1v) is 12.4. The Morgan fingerprint density at radius 1 is 1.08 bits per heavy atom. The lowest BCUT2D eigenvalue weighted by molar-refractivity contribution is -0.132. The van der Waals surface area contributed by atoms with Crippen LogP contribution in [0.2, 0.25) is 0 Å². The van der Waals surface area contributed by atoms with Gasteiger partial charge in [0.2, 0.25) is 0 Å². The van der Waals surface area contributed by atoms with E-state index in [-0.39, 0.29) is 23.2 Å². The molecule has 2 aliphatic heterocycles. The molecule has 3 heterocycles. The first-order chi connectivity index (χ1) is 17.3. The van der Waals surface area contributed by atoms with Gasteiger partial charge in [-0.25, -0.2) is 4.98 Å². The van der Waals surface area contributed by atoms with Crippen LogP contribution < -0.4 is 9.64 Å². The second-order valence-corrected chi connectivity index (χ2v) is 10.2. The zero-order chi connectivity index (χ0) is 25.1. The zero-order valence-corrected chi connectivity index (χ0v) is 20.4. The van der Waals surface area contributed by atoms with Gasteiger partial charge in [0.05, 0.1) is 21.8 Å². The van der Waals surface area contributed by atoms with Gasteiger partial charge in [0.15, 0.2) is 5.13 Å². The number of hydrogen-bond acceptors (Lipinski definition) is 7. The topological polar surface area (TPSA) is 100.0 Å². The Hall–Kier alpha value is -4.17. The highest BCUT2D eigenvalue weighted by molar-refractivity contribution is 7.22. The van der Waals surface area contributed by atoms with Crippen molar-refractivity contribution < 1.29 is 24.5 Å². The van der Waals surface area contributed by atoms with E-state index in [4.69, 9.17) is 4.74 Å². The molecule has 36 heavy (non-hydrogen) atoms. The second-order valence-electron chi connectivity index (χ2n) is 9.18. The molecule has 180 valence electrons. The summed E-state index contributed by atoms with van der Waals surface area (Å²) in [6, 6.07) is 16.4. The van der Waals surface area contributed by atoms with Crippen molar-refractivity contribution in [1.29, 1.82) is 0 Å². The number of fused-ring (bicyclic) bond motifs is 2. The molecule has 0 saturated carbocycles. The number of phenols is 1. The van der Waals surface area contributed by atoms with E-state index in [1.54, 1.807) is 30.3 Å². The Kier molecular flexibility index (Phi) is 5.08. The number of anilines is 1. The van der Waals surface area contributed by atoms with E-state index < -0.39 is 17.7 Å². The van der Waals surface area contributed by atoms with Gasteiger partial charge in [-0.3, -0.25) is 14.5 Å². The van der Waals surface area contributed by atoms with E-state index in [1.165, 1.54) is 28.4 Å². The number of aromatic hydroxyl groups is 1. The molecule has 1 saturated heterocycles. The fraction of sp³-hybridized carbons (Fsp3) is 0.179. The van der Waals surface area contributed by atoms with Crippen molar-refractivity contribution in [3.8, 4) is 11.5 Å². The fourth-order valence-electron chi connectivity index (χ4n) is 4.85. The molecule has 8 heteroatoms. The zero-order valence-electron chi connectivity index (χ0n) is 19.6. The molecule has 2 N–H and O–H groups in total. The molecular formula is C28H22N2O5S. The van der Waals surface area contributed by atoms with E-state index >= 15 is 0 Å². The molecular weight excluding hydrogens is 476 g/mol. The molecule has 1 aromatic heterocycles. The molecule has 1 fully saturated rings. The van der Waals surface area contributed by atoms with Crippen LogP contribution in [0.15, 0.2) is 66.2 Å². The summed E-state index contributed by atoms with van der Waals surface area (Å²) in [4.78, 5) is 32.8. The van der Waals surface area contributed by atoms with Crippen molar-refractivity contribution in [2.24, 2.45) is 0 Å². The van der Waals surface area contributed by atoms with Gasteiger partial charge in [0, 0.05) is 12.0 Å². The number of carbonyl (C=O) groups is 2. The highest BCUT2D eigenvalue weighted by Crippen LogP contribution is 2.45. The summed E-state index contributed by atoms with van der Waals surface area (Å²) in [5.74, 6) is -0.999. The molecule has 3 aromatic carbocycles. The van der Waals surface area contributed by atoms with Crippen LogP contribution in [-0.4, -0.2) is 33.0 Å². The Morgan fingerprint density at radius 3 is 2.64 bits per heavy atom. The summed E-state index contributed by atoms with van der Waals surface area (Å²) >= 11 is 1.31. The lowest BCUT2D eigenvalue weighted by atomic mass is 9.94. The van der Waals surface area contributed by atoms with Crippen LogP contribution >= 0.6 is 11.3 Å². The number of phenolic OH excluding ortho intramolecular Hbond substituents is 1. The molecule has 2 atom stereocenters. The smallest absolute Gasteiger partial charge is 0.301 e. The monoisotopic (exact) mass is 498 g/mol. The van der Waals surface area contributed by atoms with Crippen molar-refractivity contribution in [1.82, 2.24) is 4.98 Å². The van der Waals surface area contributed by atoms with Crippen molar-refractivity contribution in [3.63, 3.8) is 0 Å². The van der Waals surface area contributed by atoms with Gasteiger partial charge in [-0.1, -0.05) is 29.5 Å². The minimum atomic E-state index is -0.907. The Labute approximate surface area is 210 Å². The fourth-order valence-corrected chi connectivity index (χ4v) is 5.94. The quantitative estimate of drug-likeness (QED) is 0.227. The van der Waals surface area contributed by atoms with Crippen molar-refractivity contribution in [2.45, 2.75) is 32.4 Å². The average molecular weight is 499 g/mol. The highest BCUT2D eigenvalue weighted by Gasteiger charge is 2.48. The van der Waals surface area contributed by atoms with Gasteiger partial charge in [-0.15, -0.1) is 0 Å². The maximum atomic E-state index is 13.4. The minimum absolute atomic E-state index is 0.0203. The molecule has 0 spiro atoms. The number of ketones is 1. The number of aliphatic hydroxyl groups excluding tert-OH is 1. The Morgan fingerprint density at radius 2 is 1.86 bits per heavy atom. The van der Waals surface area contributed by atoms with Crippen LogP contribution in [-0.2, 0) is 16.0 Å². The highest BCUT2D eigenvalue weighted by atomic mass is 32.1. The van der Waals surface area contributed by atoms with E-state index in [0.717, 1.165) is 27.1 Å². The number of aliphatic hydroxyl groups is 1. The third-order valence-corrected chi connectivity index (χ3v) is 7.58. The predicted octanol–water partition coefficient (Wildman–Crippen LogP) is 5.26. The molecule has 0 aliphatic carbocycles. The van der Waals surface area contributed by atoms with Crippen LogP contribution in [0.25, 0.3) is 16.0 Å². The molecule has 0 bridgehead atoms. The van der Waals surface area contributed by atoms with Gasteiger partial charge in [-0.05, 0) is 73.0 Å². The van der Waals surface area contributed by atoms with Crippen LogP contribution in [0.3, 0.4) is 0 Å². The number of ether oxygens (including phenoxy) is 1. The van der Waals surface area contributed by atoms with Crippen LogP contribution in [0, 0.1) is 6.92 Å². The van der Waals surface area contributed by atoms with Crippen molar-refractivity contribution in [2.75, 3.05) is 4.90 Å². The van der Waals surface area contributed by atoms with E-state index in [2.05, 4.69) is 4.98 Å². The van der Waals surface area contributed by atoms with Crippen LogP contribution in [0.4, 0.5) is 5.13 Å². The minimum Gasteiger partial charge on any atom is -0.508 e. The third-order valence-electron chi connectivity index (χ3n) is 6.56. The molecule has 4 aromatic rings. The summed E-state index contributed by atoms with van der Waals surface area (Å²) in [5.41, 5.74) is 3.70. The first kappa shape index (κ1) is 22.3. The maximum Gasteiger partial charge on any atom is 0.301 e. The molecule has 7 nitrogen and oxygen atoms in total. The number of aromatic nitrogens is 1. The summed E-state index contributed by atoms with van der Waals surface area (Å²) in [6.45, 7) is 3.94. The number of Topliss-reactive ketones (excluding diaryl/α,β-unsaturated/α-hetero) is 1. The number of thiazole rings is 1. The van der Waals surface area contributed by atoms with Crippen molar-refractivity contribution in [3.05, 3.63) is 88.5 Å². The largest absolute Gasteiger partial charge is 0.508 e. The number of amides is 1. The molecule has 0 unspecified atom stereocenters. The lowest BCUT2D eigenvalue weighted by Crippen LogP contribution is -2.29. The first-order valence-electron chi connectivity index (χ1n) is 11.6. The molecule has 1 amide bonds. The Balaban J connectivity index is 1.53. The lowest BCUT2D eigenvalue weighted by Gasteiger charge is -2.23. The average Bonchev–Trinajstić information content (AvgIpc) is 3.51. The van der Waals surface area contributed by atoms with E-state index in [1.807, 2.05) is 32.0 Å². The SMILES string of the molecule is Cc1ccc2nc(N3C(=O)C(=O)C(=C(O)c4ccc5c(c4)C[C@@H](C)O5)[C@H]3c3ccc(O)cc3)sc2c1. The number of aryl methyl sites for hydroxylation is 1. The van der Waals surface area contributed by atoms with Crippen molar-refractivity contribution >= 4 is 44.1 Å². The maximum absolute atomic E-state index is 13.4. The van der Waals surface area contributed by atoms with Gasteiger partial charge in [0.1, 0.15) is 23.4 Å². The van der Waals surface area contributed by atoms with Crippen LogP contribution in [0.5, 0.6) is 11.5 Å². The number of nitrogens with zero attached hydrogens (tertiary/aromatic N) is 2. The third kappa shape index (κ3) is 3.53. The number of carbonyl (C=O) groups excluding carboxylic acids is 2. The number of rotatable bonds is 3. The Bertz CT molecular complexity index is 1590. The summed E-state index contributed by atoms with van der Waals surface area (Å²) in [7, 11) is 0. The van der Waals surface area contributed by atoms with Gasteiger partial charge in [0.25, 0.3) is 5.78 Å². The van der Waals surface area contributed by atoms with E-state index in [9.17, 15) is 19.8 Å².